The number of amides is 1. The minimum atomic E-state index is -0.645. The second-order valence-corrected chi connectivity index (χ2v) is 7.19. The van der Waals surface area contributed by atoms with Crippen molar-refractivity contribution in [1.82, 2.24) is 5.32 Å². The van der Waals surface area contributed by atoms with Crippen molar-refractivity contribution in [3.8, 4) is 11.5 Å². The fraction of sp³-hybridized carbons (Fsp3) is 0.143. The highest BCUT2D eigenvalue weighted by atomic mass is 32.1. The van der Waals surface area contributed by atoms with E-state index in [0.717, 1.165) is 10.4 Å². The summed E-state index contributed by atoms with van der Waals surface area (Å²) < 4.78 is 28.8. The molecule has 2 aromatic carbocycles. The van der Waals surface area contributed by atoms with Gasteiger partial charge in [-0.25, -0.2) is 9.18 Å². The maximum Gasteiger partial charge on any atom is 0.338 e. The molecule has 1 aliphatic heterocycles. The first-order valence-electron chi connectivity index (χ1n) is 8.75. The molecule has 6 nitrogen and oxygen atoms in total. The molecule has 0 radical (unpaired) electrons. The number of rotatable bonds is 6. The third-order valence-electron chi connectivity index (χ3n) is 4.28. The number of fused-ring (bicyclic) bond motifs is 1. The number of hydrogen-bond donors (Lipinski definition) is 1. The Hall–Kier alpha value is -3.39. The van der Waals surface area contributed by atoms with Gasteiger partial charge in [-0.3, -0.25) is 4.79 Å². The lowest BCUT2D eigenvalue weighted by molar-refractivity contribution is -0.124. The van der Waals surface area contributed by atoms with Gasteiger partial charge in [-0.05, 0) is 47.3 Å². The molecular weight excluding hydrogens is 397 g/mol. The third-order valence-corrected chi connectivity index (χ3v) is 5.22. The van der Waals surface area contributed by atoms with Gasteiger partial charge >= 0.3 is 5.97 Å². The molecule has 0 saturated heterocycles. The van der Waals surface area contributed by atoms with Crippen molar-refractivity contribution < 1.29 is 28.2 Å². The highest BCUT2D eigenvalue weighted by molar-refractivity contribution is 7.10. The van der Waals surface area contributed by atoms with Crippen LogP contribution in [0.15, 0.2) is 60.0 Å². The molecule has 0 spiro atoms. The van der Waals surface area contributed by atoms with Crippen LogP contribution >= 0.6 is 11.3 Å². The van der Waals surface area contributed by atoms with Gasteiger partial charge in [-0.15, -0.1) is 11.3 Å². The molecule has 0 bridgehead atoms. The summed E-state index contributed by atoms with van der Waals surface area (Å²) in [6.07, 6.45) is 0. The molecule has 1 N–H and O–H groups in total. The van der Waals surface area contributed by atoms with E-state index >= 15 is 0 Å². The van der Waals surface area contributed by atoms with E-state index in [9.17, 15) is 14.0 Å². The summed E-state index contributed by atoms with van der Waals surface area (Å²) in [5, 5.41) is 4.72. The predicted molar refractivity (Wildman–Crippen MR) is 104 cm³/mol. The Morgan fingerprint density at radius 3 is 2.66 bits per heavy atom. The van der Waals surface area contributed by atoms with Crippen LogP contribution in [-0.2, 0) is 9.53 Å². The Morgan fingerprint density at radius 1 is 1.10 bits per heavy atom. The Morgan fingerprint density at radius 2 is 1.90 bits per heavy atom. The average Bonchev–Trinajstić information content (AvgIpc) is 3.42. The molecular formula is C21H16FNO5S. The average molecular weight is 413 g/mol. The van der Waals surface area contributed by atoms with Gasteiger partial charge in [-0.1, -0.05) is 18.2 Å². The molecule has 0 unspecified atom stereocenters. The van der Waals surface area contributed by atoms with Crippen LogP contribution in [0.2, 0.25) is 0 Å². The number of halogens is 1. The molecule has 1 aliphatic rings. The molecule has 0 aliphatic carbocycles. The van der Waals surface area contributed by atoms with E-state index in [1.54, 1.807) is 24.3 Å². The smallest absolute Gasteiger partial charge is 0.338 e. The number of ether oxygens (including phenoxy) is 3. The second kappa shape index (κ2) is 8.32. The molecule has 1 aromatic heterocycles. The number of esters is 1. The first kappa shape index (κ1) is 18.9. The number of benzene rings is 2. The Kier molecular flexibility index (Phi) is 5.44. The SMILES string of the molecule is O=C(COC(=O)c1ccc2c(c1)OCO2)N[C@@H](c1ccc(F)cc1)c1cccs1. The van der Waals surface area contributed by atoms with Gasteiger partial charge < -0.3 is 19.5 Å². The lowest BCUT2D eigenvalue weighted by atomic mass is 10.1. The Balaban J connectivity index is 1.40. The van der Waals surface area contributed by atoms with Gasteiger partial charge in [0, 0.05) is 4.88 Å². The summed E-state index contributed by atoms with van der Waals surface area (Å²) in [6.45, 7) is -0.347. The molecule has 3 aromatic rings. The van der Waals surface area contributed by atoms with Crippen molar-refractivity contribution in [2.45, 2.75) is 6.04 Å². The standard InChI is InChI=1S/C21H16FNO5S/c22-15-6-3-13(4-7-15)20(18-2-1-9-29-18)23-19(24)11-26-21(25)14-5-8-16-17(10-14)28-12-27-16/h1-10,20H,11-12H2,(H,23,24)/t20-/m0/s1. The van der Waals surface area contributed by atoms with Crippen molar-refractivity contribution in [1.29, 1.82) is 0 Å². The van der Waals surface area contributed by atoms with Crippen molar-refractivity contribution in [2.75, 3.05) is 13.4 Å². The molecule has 0 saturated carbocycles. The Bertz CT molecular complexity index is 1020. The zero-order valence-electron chi connectivity index (χ0n) is 15.1. The predicted octanol–water partition coefficient (Wildman–Crippen LogP) is 3.68. The van der Waals surface area contributed by atoms with E-state index in [-0.39, 0.29) is 18.2 Å². The topological polar surface area (TPSA) is 73.9 Å². The number of carbonyl (C=O) groups excluding carboxylic acids is 2. The number of carbonyl (C=O) groups is 2. The van der Waals surface area contributed by atoms with Crippen LogP contribution in [0.4, 0.5) is 4.39 Å². The van der Waals surface area contributed by atoms with Gasteiger partial charge in [-0.2, -0.15) is 0 Å². The first-order chi connectivity index (χ1) is 14.1. The quantitative estimate of drug-likeness (QED) is 0.624. The van der Waals surface area contributed by atoms with Crippen LogP contribution in [0.5, 0.6) is 11.5 Å². The van der Waals surface area contributed by atoms with Gasteiger partial charge in [0.2, 0.25) is 6.79 Å². The van der Waals surface area contributed by atoms with Gasteiger partial charge in [0.05, 0.1) is 11.6 Å². The number of hydrogen-bond acceptors (Lipinski definition) is 6. The van der Waals surface area contributed by atoms with E-state index in [4.69, 9.17) is 14.2 Å². The van der Waals surface area contributed by atoms with Crippen LogP contribution in [0.3, 0.4) is 0 Å². The first-order valence-corrected chi connectivity index (χ1v) is 9.63. The fourth-order valence-electron chi connectivity index (χ4n) is 2.87. The van der Waals surface area contributed by atoms with Gasteiger partial charge in [0.25, 0.3) is 5.91 Å². The van der Waals surface area contributed by atoms with E-state index in [1.165, 1.54) is 29.5 Å². The molecule has 4 rings (SSSR count). The van der Waals surface area contributed by atoms with Crippen molar-refractivity contribution in [3.63, 3.8) is 0 Å². The molecule has 1 atom stereocenters. The Labute approximate surface area is 169 Å². The maximum absolute atomic E-state index is 13.2. The molecule has 0 fully saturated rings. The van der Waals surface area contributed by atoms with Gasteiger partial charge in [0.15, 0.2) is 18.1 Å². The molecule has 29 heavy (non-hydrogen) atoms. The lowest BCUT2D eigenvalue weighted by Gasteiger charge is -2.18. The fourth-order valence-corrected chi connectivity index (χ4v) is 3.67. The van der Waals surface area contributed by atoms with E-state index in [1.807, 2.05) is 17.5 Å². The summed E-state index contributed by atoms with van der Waals surface area (Å²) in [4.78, 5) is 25.5. The van der Waals surface area contributed by atoms with Crippen LogP contribution in [-0.4, -0.2) is 25.3 Å². The lowest BCUT2D eigenvalue weighted by Crippen LogP contribution is -2.32. The van der Waals surface area contributed by atoms with Crippen LogP contribution in [0.1, 0.15) is 26.8 Å². The molecule has 148 valence electrons. The van der Waals surface area contributed by atoms with E-state index in [0.29, 0.717) is 11.5 Å². The van der Waals surface area contributed by atoms with Gasteiger partial charge in [0.1, 0.15) is 5.82 Å². The van der Waals surface area contributed by atoms with E-state index < -0.39 is 24.5 Å². The zero-order valence-corrected chi connectivity index (χ0v) is 15.9. The molecule has 1 amide bonds. The highest BCUT2D eigenvalue weighted by Gasteiger charge is 2.20. The monoisotopic (exact) mass is 413 g/mol. The zero-order chi connectivity index (χ0) is 20.2. The summed E-state index contributed by atoms with van der Waals surface area (Å²) in [5.41, 5.74) is 0.986. The third kappa shape index (κ3) is 4.38. The van der Waals surface area contributed by atoms with E-state index in [2.05, 4.69) is 5.32 Å². The molecule has 2 heterocycles. The summed E-state index contributed by atoms with van der Waals surface area (Å²) in [7, 11) is 0. The largest absolute Gasteiger partial charge is 0.454 e. The van der Waals surface area contributed by atoms with Crippen LogP contribution in [0, 0.1) is 5.82 Å². The van der Waals surface area contributed by atoms with Crippen LogP contribution in [0.25, 0.3) is 0 Å². The molecule has 8 heteroatoms. The summed E-state index contributed by atoms with van der Waals surface area (Å²) >= 11 is 1.46. The normalized spacial score (nSPS) is 13.0. The summed E-state index contributed by atoms with van der Waals surface area (Å²) in [5.74, 6) is -0.465. The maximum atomic E-state index is 13.2. The number of thiophene rings is 1. The number of nitrogens with one attached hydrogen (secondary N) is 1. The van der Waals surface area contributed by atoms with Crippen molar-refractivity contribution in [2.24, 2.45) is 0 Å². The summed E-state index contributed by atoms with van der Waals surface area (Å²) in [6, 6.07) is 13.8. The van der Waals surface area contributed by atoms with Crippen LogP contribution < -0.4 is 14.8 Å². The minimum absolute atomic E-state index is 0.101. The minimum Gasteiger partial charge on any atom is -0.454 e. The van der Waals surface area contributed by atoms with Crippen molar-refractivity contribution >= 4 is 23.2 Å². The second-order valence-electron chi connectivity index (χ2n) is 6.21. The highest BCUT2D eigenvalue weighted by Crippen LogP contribution is 2.32. The van der Waals surface area contributed by atoms with Crippen molar-refractivity contribution in [3.05, 3.63) is 81.8 Å².